The van der Waals surface area contributed by atoms with Gasteiger partial charge in [0.15, 0.2) is 0 Å². The van der Waals surface area contributed by atoms with E-state index in [9.17, 15) is 0 Å². The molecule has 1 N–H and O–H groups in total. The second-order valence-electron chi connectivity index (χ2n) is 6.97. The van der Waals surface area contributed by atoms with Crippen LogP contribution in [0.4, 0.5) is 10.8 Å². The zero-order chi connectivity index (χ0) is 19.2. The summed E-state index contributed by atoms with van der Waals surface area (Å²) in [5.41, 5.74) is 7.78. The fraction of sp³-hybridized carbons (Fsp3) is 0.273. The molecule has 144 valence electrons. The largest absolute Gasteiger partial charge is 0.368 e. The van der Waals surface area contributed by atoms with Crippen LogP contribution in [0.15, 0.2) is 65.1 Å². The van der Waals surface area contributed by atoms with Crippen LogP contribution in [-0.4, -0.2) is 42.3 Å². The molecule has 0 saturated carbocycles. The monoisotopic (exact) mass is 391 g/mol. The number of thiazole rings is 1. The summed E-state index contributed by atoms with van der Waals surface area (Å²) < 4.78 is 0. The molecular weight excluding hydrogens is 366 g/mol. The summed E-state index contributed by atoms with van der Waals surface area (Å²) in [4.78, 5) is 9.35. The molecule has 0 unspecified atom stereocenters. The van der Waals surface area contributed by atoms with Gasteiger partial charge < -0.3 is 4.90 Å². The molecule has 1 aliphatic heterocycles. The van der Waals surface area contributed by atoms with Crippen LogP contribution in [0.25, 0.3) is 0 Å². The number of hydrazone groups is 1. The van der Waals surface area contributed by atoms with Gasteiger partial charge in [-0.15, -0.1) is 11.3 Å². The fourth-order valence-corrected chi connectivity index (χ4v) is 4.07. The zero-order valence-corrected chi connectivity index (χ0v) is 16.9. The van der Waals surface area contributed by atoms with Gasteiger partial charge in [-0.05, 0) is 18.6 Å². The highest BCUT2D eigenvalue weighted by atomic mass is 32.1. The number of rotatable bonds is 6. The first kappa shape index (κ1) is 18.7. The molecule has 1 aliphatic rings. The lowest BCUT2D eigenvalue weighted by atomic mass is 10.1. The molecule has 0 atom stereocenters. The fourth-order valence-electron chi connectivity index (χ4n) is 3.44. The SMILES string of the molecule is Cc1csc(NN=Cc2ccccc2N2CCN(Cc3ccccc3)CC2)n1. The molecule has 1 fully saturated rings. The third-order valence-corrected chi connectivity index (χ3v) is 5.75. The van der Waals surface area contributed by atoms with Crippen molar-refractivity contribution in [3.05, 3.63) is 76.8 Å². The molecule has 28 heavy (non-hydrogen) atoms. The maximum atomic E-state index is 4.39. The highest BCUT2D eigenvalue weighted by Gasteiger charge is 2.18. The van der Waals surface area contributed by atoms with Crippen molar-refractivity contribution in [2.75, 3.05) is 36.5 Å². The van der Waals surface area contributed by atoms with Gasteiger partial charge in [-0.3, -0.25) is 10.3 Å². The number of nitrogens with one attached hydrogen (secondary N) is 1. The number of nitrogens with zero attached hydrogens (tertiary/aromatic N) is 4. The molecule has 2 aromatic carbocycles. The number of aromatic nitrogens is 1. The van der Waals surface area contributed by atoms with Gasteiger partial charge in [0.25, 0.3) is 0 Å². The van der Waals surface area contributed by atoms with Crippen LogP contribution in [0.5, 0.6) is 0 Å². The average molecular weight is 392 g/mol. The van der Waals surface area contributed by atoms with Crippen LogP contribution in [0.3, 0.4) is 0 Å². The summed E-state index contributed by atoms with van der Waals surface area (Å²) in [7, 11) is 0. The lowest BCUT2D eigenvalue weighted by Crippen LogP contribution is -2.46. The van der Waals surface area contributed by atoms with E-state index in [0.717, 1.165) is 49.1 Å². The Morgan fingerprint density at radius 3 is 2.54 bits per heavy atom. The van der Waals surface area contributed by atoms with E-state index < -0.39 is 0 Å². The topological polar surface area (TPSA) is 43.8 Å². The van der Waals surface area contributed by atoms with Crippen LogP contribution in [0, 0.1) is 6.92 Å². The third kappa shape index (κ3) is 4.77. The molecule has 3 aromatic rings. The van der Waals surface area contributed by atoms with E-state index in [1.165, 1.54) is 11.3 Å². The van der Waals surface area contributed by atoms with Crippen LogP contribution < -0.4 is 10.3 Å². The third-order valence-electron chi connectivity index (χ3n) is 4.88. The number of benzene rings is 2. The first-order valence-electron chi connectivity index (χ1n) is 9.59. The summed E-state index contributed by atoms with van der Waals surface area (Å²) in [6.45, 7) is 7.19. The van der Waals surface area contributed by atoms with Gasteiger partial charge >= 0.3 is 0 Å². The van der Waals surface area contributed by atoms with Crippen LogP contribution in [-0.2, 0) is 6.54 Å². The van der Waals surface area contributed by atoms with E-state index in [1.807, 2.05) is 18.5 Å². The minimum Gasteiger partial charge on any atom is -0.368 e. The number of aryl methyl sites for hydroxylation is 1. The van der Waals surface area contributed by atoms with Crippen LogP contribution in [0.1, 0.15) is 16.8 Å². The van der Waals surface area contributed by atoms with Gasteiger partial charge in [-0.25, -0.2) is 4.98 Å². The van der Waals surface area contributed by atoms with Crippen molar-refractivity contribution in [1.29, 1.82) is 0 Å². The predicted molar refractivity (Wildman–Crippen MR) is 118 cm³/mol. The van der Waals surface area contributed by atoms with Crippen LogP contribution in [0.2, 0.25) is 0 Å². The maximum absolute atomic E-state index is 4.39. The van der Waals surface area contributed by atoms with E-state index >= 15 is 0 Å². The Morgan fingerprint density at radius 1 is 1.04 bits per heavy atom. The first-order valence-corrected chi connectivity index (χ1v) is 10.5. The van der Waals surface area contributed by atoms with Crippen molar-refractivity contribution in [3.63, 3.8) is 0 Å². The summed E-state index contributed by atoms with van der Waals surface area (Å²) >= 11 is 1.57. The van der Waals surface area contributed by atoms with Gasteiger partial charge in [0.2, 0.25) is 5.13 Å². The second kappa shape index (κ2) is 8.99. The lowest BCUT2D eigenvalue weighted by molar-refractivity contribution is 0.250. The average Bonchev–Trinajstić information content (AvgIpc) is 3.15. The number of anilines is 2. The summed E-state index contributed by atoms with van der Waals surface area (Å²) in [5, 5.41) is 7.22. The Labute approximate surface area is 170 Å². The Kier molecular flexibility index (Phi) is 5.99. The van der Waals surface area contributed by atoms with Crippen molar-refractivity contribution < 1.29 is 0 Å². The molecule has 2 heterocycles. The Morgan fingerprint density at radius 2 is 1.79 bits per heavy atom. The summed E-state index contributed by atoms with van der Waals surface area (Å²) in [6.07, 6.45) is 1.89. The summed E-state index contributed by atoms with van der Waals surface area (Å²) in [5.74, 6) is 0. The van der Waals surface area contributed by atoms with Crippen molar-refractivity contribution >= 4 is 28.4 Å². The van der Waals surface area contributed by atoms with Crippen LogP contribution >= 0.6 is 11.3 Å². The van der Waals surface area contributed by atoms with Gasteiger partial charge in [0.1, 0.15) is 0 Å². The van der Waals surface area contributed by atoms with Crippen molar-refractivity contribution in [2.45, 2.75) is 13.5 Å². The normalized spacial score (nSPS) is 15.2. The number of hydrogen-bond acceptors (Lipinski definition) is 6. The van der Waals surface area contributed by atoms with Gasteiger partial charge in [-0.2, -0.15) is 5.10 Å². The Bertz CT molecular complexity index is 913. The number of para-hydroxylation sites is 1. The predicted octanol–water partition coefficient (Wildman–Crippen LogP) is 4.22. The first-order chi connectivity index (χ1) is 13.8. The number of piperazine rings is 1. The van der Waals surface area contributed by atoms with E-state index in [4.69, 9.17) is 0 Å². The molecule has 0 bridgehead atoms. The minimum atomic E-state index is 0.820. The Hall–Kier alpha value is -2.70. The highest BCUT2D eigenvalue weighted by molar-refractivity contribution is 7.13. The smallest absolute Gasteiger partial charge is 0.203 e. The van der Waals surface area contributed by atoms with Crippen molar-refractivity contribution in [3.8, 4) is 0 Å². The quantitative estimate of drug-likeness (QED) is 0.505. The van der Waals surface area contributed by atoms with E-state index in [1.54, 1.807) is 11.3 Å². The molecule has 0 spiro atoms. The van der Waals surface area contributed by atoms with Crippen molar-refractivity contribution in [2.24, 2.45) is 5.10 Å². The molecule has 0 amide bonds. The molecule has 6 heteroatoms. The molecule has 4 rings (SSSR count). The standard InChI is InChI=1S/C22H25N5S/c1-18-17-28-22(24-18)25-23-15-20-9-5-6-10-21(20)27-13-11-26(12-14-27)16-19-7-3-2-4-8-19/h2-10,15,17H,11-14,16H2,1H3,(H,24,25). The van der Waals surface area contributed by atoms with Gasteiger partial charge in [0.05, 0.1) is 11.9 Å². The van der Waals surface area contributed by atoms with Crippen molar-refractivity contribution in [1.82, 2.24) is 9.88 Å². The minimum absolute atomic E-state index is 0.820. The maximum Gasteiger partial charge on any atom is 0.203 e. The Balaban J connectivity index is 1.37. The molecular formula is C22H25N5S. The molecule has 0 radical (unpaired) electrons. The van der Waals surface area contributed by atoms with Gasteiger partial charge in [0, 0.05) is 49.4 Å². The molecule has 1 saturated heterocycles. The molecule has 1 aromatic heterocycles. The second-order valence-corrected chi connectivity index (χ2v) is 7.83. The lowest BCUT2D eigenvalue weighted by Gasteiger charge is -2.36. The highest BCUT2D eigenvalue weighted by Crippen LogP contribution is 2.21. The molecule has 0 aliphatic carbocycles. The van der Waals surface area contributed by atoms with E-state index in [-0.39, 0.29) is 0 Å². The number of hydrogen-bond donors (Lipinski definition) is 1. The van der Waals surface area contributed by atoms with E-state index in [2.05, 4.69) is 79.9 Å². The summed E-state index contributed by atoms with van der Waals surface area (Å²) in [6, 6.07) is 19.2. The van der Waals surface area contributed by atoms with Gasteiger partial charge in [-0.1, -0.05) is 48.5 Å². The zero-order valence-electron chi connectivity index (χ0n) is 16.1. The molecule has 5 nitrogen and oxygen atoms in total. The van der Waals surface area contributed by atoms with E-state index in [0.29, 0.717) is 0 Å².